The van der Waals surface area contributed by atoms with Crippen LogP contribution in [0.15, 0.2) is 25.3 Å². The summed E-state index contributed by atoms with van der Waals surface area (Å²) in [7, 11) is 1.31. The molecule has 134 valence electrons. The number of hydrogen-bond donors (Lipinski definition) is 0. The Hall–Kier alpha value is -1.58. The van der Waals surface area contributed by atoms with E-state index in [-0.39, 0.29) is 5.97 Å². The second kappa shape index (κ2) is 20.4. The molecule has 23 heavy (non-hydrogen) atoms. The van der Waals surface area contributed by atoms with Gasteiger partial charge in [-0.05, 0) is 6.42 Å². The molecule has 0 amide bonds. The molecule has 0 fully saturated rings. The Labute approximate surface area is 141 Å². The lowest BCUT2D eigenvalue weighted by Gasteiger charge is -2.03. The highest BCUT2D eigenvalue weighted by molar-refractivity contribution is 5.81. The van der Waals surface area contributed by atoms with Crippen LogP contribution in [-0.4, -0.2) is 25.7 Å². The summed E-state index contributed by atoms with van der Waals surface area (Å²) in [4.78, 5) is 20.6. The molecule has 0 spiro atoms. The monoisotopic (exact) mass is 326 g/mol. The van der Waals surface area contributed by atoms with Gasteiger partial charge in [0.15, 0.2) is 0 Å². The molecule has 0 aliphatic carbocycles. The van der Waals surface area contributed by atoms with E-state index in [1.807, 2.05) is 0 Å². The van der Waals surface area contributed by atoms with Crippen molar-refractivity contribution < 1.29 is 19.1 Å². The molecule has 0 aromatic rings. The van der Waals surface area contributed by atoms with Crippen molar-refractivity contribution in [3.05, 3.63) is 25.3 Å². The summed E-state index contributed by atoms with van der Waals surface area (Å²) < 4.78 is 9.05. The molecule has 0 rings (SSSR count). The third kappa shape index (κ3) is 22.8. The standard InChI is InChI=1S/C15H28O2.C4H6O2/c1-3-5-6-7-8-9-10-11-12-13-14-17-15(16)4-2;1-3-4(5)6-2/h4H,2-3,5-14H2,1H3;3H,1H2,2H3. The van der Waals surface area contributed by atoms with E-state index < -0.39 is 5.97 Å². The van der Waals surface area contributed by atoms with Crippen LogP contribution in [0.1, 0.15) is 71.1 Å². The topological polar surface area (TPSA) is 52.6 Å². The molecule has 4 nitrogen and oxygen atoms in total. The van der Waals surface area contributed by atoms with Crippen LogP contribution in [0.3, 0.4) is 0 Å². The summed E-state index contributed by atoms with van der Waals surface area (Å²) in [6.45, 7) is 9.31. The average molecular weight is 326 g/mol. The minimum absolute atomic E-state index is 0.305. The molecule has 0 heterocycles. The predicted molar refractivity (Wildman–Crippen MR) is 95.2 cm³/mol. The van der Waals surface area contributed by atoms with Crippen molar-refractivity contribution in [2.45, 2.75) is 71.1 Å². The van der Waals surface area contributed by atoms with E-state index in [0.29, 0.717) is 6.61 Å². The summed E-state index contributed by atoms with van der Waals surface area (Å²) in [6.07, 6.45) is 15.3. The number of esters is 2. The zero-order valence-corrected chi connectivity index (χ0v) is 15.0. The lowest BCUT2D eigenvalue weighted by atomic mass is 10.1. The predicted octanol–water partition coefficient (Wildman–Crippen LogP) is 4.98. The molecule has 0 radical (unpaired) electrons. The molecule has 0 atom stereocenters. The second-order valence-electron chi connectivity index (χ2n) is 5.28. The maximum atomic E-state index is 10.7. The van der Waals surface area contributed by atoms with Gasteiger partial charge in [-0.3, -0.25) is 0 Å². The molecule has 0 bridgehead atoms. The van der Waals surface area contributed by atoms with E-state index in [9.17, 15) is 9.59 Å². The van der Waals surface area contributed by atoms with Crippen LogP contribution >= 0.6 is 0 Å². The minimum atomic E-state index is -0.394. The van der Waals surface area contributed by atoms with Crippen molar-refractivity contribution >= 4 is 11.9 Å². The Morgan fingerprint density at radius 2 is 1.22 bits per heavy atom. The smallest absolute Gasteiger partial charge is 0.330 e. The van der Waals surface area contributed by atoms with Gasteiger partial charge in [-0.1, -0.05) is 77.9 Å². The summed E-state index contributed by atoms with van der Waals surface area (Å²) in [5, 5.41) is 0. The van der Waals surface area contributed by atoms with Gasteiger partial charge in [0.2, 0.25) is 0 Å². The quantitative estimate of drug-likeness (QED) is 0.272. The van der Waals surface area contributed by atoms with Crippen molar-refractivity contribution in [2.75, 3.05) is 13.7 Å². The molecule has 0 N–H and O–H groups in total. The van der Waals surface area contributed by atoms with Crippen LogP contribution in [-0.2, 0) is 19.1 Å². The maximum Gasteiger partial charge on any atom is 0.330 e. The van der Waals surface area contributed by atoms with Gasteiger partial charge in [0.25, 0.3) is 0 Å². The van der Waals surface area contributed by atoms with Gasteiger partial charge in [0.1, 0.15) is 0 Å². The number of rotatable bonds is 13. The largest absolute Gasteiger partial charge is 0.466 e. The fourth-order valence-corrected chi connectivity index (χ4v) is 1.90. The number of carbonyl (C=O) groups is 2. The number of carbonyl (C=O) groups excluding carboxylic acids is 2. The van der Waals surface area contributed by atoms with Crippen LogP contribution < -0.4 is 0 Å². The van der Waals surface area contributed by atoms with Crippen LogP contribution in [0.25, 0.3) is 0 Å². The first-order valence-corrected chi connectivity index (χ1v) is 8.61. The minimum Gasteiger partial charge on any atom is -0.466 e. The number of methoxy groups -OCH3 is 1. The van der Waals surface area contributed by atoms with Crippen molar-refractivity contribution in [3.63, 3.8) is 0 Å². The van der Waals surface area contributed by atoms with Gasteiger partial charge in [-0.2, -0.15) is 0 Å². The molecular weight excluding hydrogens is 292 g/mol. The van der Waals surface area contributed by atoms with E-state index in [2.05, 4.69) is 24.8 Å². The van der Waals surface area contributed by atoms with Crippen molar-refractivity contribution in [3.8, 4) is 0 Å². The third-order valence-corrected chi connectivity index (χ3v) is 3.28. The Kier molecular flexibility index (Phi) is 21.0. The highest BCUT2D eigenvalue weighted by Gasteiger charge is 1.95. The van der Waals surface area contributed by atoms with Crippen molar-refractivity contribution in [2.24, 2.45) is 0 Å². The number of hydrogen-bond acceptors (Lipinski definition) is 4. The fourth-order valence-electron chi connectivity index (χ4n) is 1.90. The van der Waals surface area contributed by atoms with Crippen LogP contribution in [0, 0.1) is 0 Å². The first-order chi connectivity index (χ1) is 11.1. The van der Waals surface area contributed by atoms with E-state index in [1.165, 1.54) is 71.0 Å². The Balaban J connectivity index is 0. The number of unbranched alkanes of at least 4 members (excludes halogenated alkanes) is 9. The van der Waals surface area contributed by atoms with Crippen LogP contribution in [0.4, 0.5) is 0 Å². The SMILES string of the molecule is C=CC(=O)OC.C=CC(=O)OCCCCCCCCCCCC. The molecule has 0 unspecified atom stereocenters. The summed E-state index contributed by atoms with van der Waals surface area (Å²) >= 11 is 0. The zero-order valence-electron chi connectivity index (χ0n) is 15.0. The molecule has 4 heteroatoms. The van der Waals surface area contributed by atoms with Gasteiger partial charge in [0, 0.05) is 12.2 Å². The first-order valence-electron chi connectivity index (χ1n) is 8.61. The lowest BCUT2D eigenvalue weighted by molar-refractivity contribution is -0.138. The summed E-state index contributed by atoms with van der Waals surface area (Å²) in [5.41, 5.74) is 0. The third-order valence-electron chi connectivity index (χ3n) is 3.28. The molecular formula is C19H34O4. The normalized spacial score (nSPS) is 9.30. The van der Waals surface area contributed by atoms with Gasteiger partial charge in [-0.15, -0.1) is 0 Å². The van der Waals surface area contributed by atoms with Crippen LogP contribution in [0.2, 0.25) is 0 Å². The Morgan fingerprint density at radius 3 is 1.57 bits per heavy atom. The molecule has 0 aliphatic heterocycles. The van der Waals surface area contributed by atoms with Gasteiger partial charge in [0.05, 0.1) is 13.7 Å². The molecule has 0 aromatic heterocycles. The molecule has 0 aliphatic rings. The Morgan fingerprint density at radius 1 is 0.783 bits per heavy atom. The van der Waals surface area contributed by atoms with Crippen LogP contribution in [0.5, 0.6) is 0 Å². The Bertz CT molecular complexity index is 310. The van der Waals surface area contributed by atoms with Crippen molar-refractivity contribution in [1.29, 1.82) is 0 Å². The van der Waals surface area contributed by atoms with Gasteiger partial charge >= 0.3 is 11.9 Å². The van der Waals surface area contributed by atoms with E-state index in [1.54, 1.807) is 0 Å². The van der Waals surface area contributed by atoms with E-state index >= 15 is 0 Å². The average Bonchev–Trinajstić information content (AvgIpc) is 2.59. The highest BCUT2D eigenvalue weighted by atomic mass is 16.5. The maximum absolute atomic E-state index is 10.7. The highest BCUT2D eigenvalue weighted by Crippen LogP contribution is 2.10. The van der Waals surface area contributed by atoms with E-state index in [4.69, 9.17) is 4.74 Å². The van der Waals surface area contributed by atoms with E-state index in [0.717, 1.165) is 12.5 Å². The van der Waals surface area contributed by atoms with Crippen molar-refractivity contribution in [1.82, 2.24) is 0 Å². The molecule has 0 saturated heterocycles. The summed E-state index contributed by atoms with van der Waals surface area (Å²) in [5.74, 6) is -0.698. The number of ether oxygens (including phenoxy) is 2. The zero-order chi connectivity index (χ0) is 17.8. The second-order valence-corrected chi connectivity index (χ2v) is 5.28. The first kappa shape index (κ1) is 23.7. The summed E-state index contributed by atoms with van der Waals surface area (Å²) in [6, 6.07) is 0. The molecule has 0 saturated carbocycles. The van der Waals surface area contributed by atoms with Gasteiger partial charge in [-0.25, -0.2) is 9.59 Å². The van der Waals surface area contributed by atoms with Gasteiger partial charge < -0.3 is 9.47 Å². The molecule has 0 aromatic carbocycles. The lowest BCUT2D eigenvalue weighted by Crippen LogP contribution is -2.01. The fraction of sp³-hybridized carbons (Fsp3) is 0.684.